The number of halogens is 3. The first kappa shape index (κ1) is 24.2. The Balaban J connectivity index is 1.70. The van der Waals surface area contributed by atoms with Crippen LogP contribution in [0.5, 0.6) is 5.75 Å². The summed E-state index contributed by atoms with van der Waals surface area (Å²) in [5.74, 6) is -4.44. The minimum Gasteiger partial charge on any atom is -0.491 e. The zero-order valence-corrected chi connectivity index (χ0v) is 17.2. The monoisotopic (exact) mass is 466 g/mol. The molecule has 1 aliphatic heterocycles. The molecule has 9 nitrogen and oxygen atoms in total. The van der Waals surface area contributed by atoms with Gasteiger partial charge in [-0.25, -0.2) is 13.2 Å². The molecule has 0 radical (unpaired) electrons. The molecular weight excluding hydrogens is 445 g/mol. The predicted molar refractivity (Wildman–Crippen MR) is 108 cm³/mol. The molecule has 12 heteroatoms. The van der Waals surface area contributed by atoms with E-state index in [0.717, 1.165) is 4.90 Å². The number of likely N-dealkylation sites (tertiary alicyclic amines) is 1. The van der Waals surface area contributed by atoms with Gasteiger partial charge in [-0.2, -0.15) is 5.26 Å². The van der Waals surface area contributed by atoms with Crippen molar-refractivity contribution in [2.45, 2.75) is 30.6 Å². The Labute approximate surface area is 186 Å². The van der Waals surface area contributed by atoms with Crippen LogP contribution in [0.4, 0.5) is 13.2 Å². The summed E-state index contributed by atoms with van der Waals surface area (Å²) in [5.41, 5.74) is 0.528. The Bertz CT molecular complexity index is 1080. The highest BCUT2D eigenvalue weighted by Gasteiger charge is 2.47. The fraction of sp³-hybridized carbons (Fsp3) is 0.429. The summed E-state index contributed by atoms with van der Waals surface area (Å²) in [6.07, 6.45) is -2.43. The van der Waals surface area contributed by atoms with Gasteiger partial charge in [-0.15, -0.1) is 0 Å². The first-order valence-electron chi connectivity index (χ1n) is 9.94. The molecule has 2 heterocycles. The van der Waals surface area contributed by atoms with E-state index < -0.39 is 68.8 Å². The van der Waals surface area contributed by atoms with Gasteiger partial charge in [0.05, 0.1) is 30.2 Å². The summed E-state index contributed by atoms with van der Waals surface area (Å²) in [5, 5.41) is 30.6. The Morgan fingerprint density at radius 1 is 1.33 bits per heavy atom. The summed E-state index contributed by atoms with van der Waals surface area (Å²) in [6.45, 7) is -3.00. The van der Waals surface area contributed by atoms with Crippen molar-refractivity contribution in [2.75, 3.05) is 26.4 Å². The number of fused-ring (bicyclic) bond motifs is 1. The Hall–Kier alpha value is -3.43. The minimum atomic E-state index is -3.16. The van der Waals surface area contributed by atoms with Crippen LogP contribution in [-0.4, -0.2) is 82.5 Å². The number of alkyl halides is 3. The second kappa shape index (κ2) is 10.0. The SMILES string of the molecule is N#C[C@@H]1CC(F)(F)CN1C(=O)CNC(=O)c1ccnc2ccc(OC[C@H](O)[C@@H](O)CF)cc12. The molecule has 33 heavy (non-hydrogen) atoms. The molecule has 3 atom stereocenters. The number of rotatable bonds is 8. The number of aliphatic hydroxyl groups excluding tert-OH is 2. The lowest BCUT2D eigenvalue weighted by Gasteiger charge is -2.19. The number of carbonyl (C=O) groups is 2. The molecule has 2 aromatic rings. The molecule has 2 amide bonds. The van der Waals surface area contributed by atoms with Gasteiger partial charge < -0.3 is 25.2 Å². The van der Waals surface area contributed by atoms with Crippen molar-refractivity contribution >= 4 is 22.7 Å². The normalized spacial score (nSPS) is 19.0. The van der Waals surface area contributed by atoms with Crippen LogP contribution < -0.4 is 10.1 Å². The number of amides is 2. The van der Waals surface area contributed by atoms with E-state index in [2.05, 4.69) is 10.3 Å². The fourth-order valence-electron chi connectivity index (χ4n) is 3.36. The maximum absolute atomic E-state index is 13.5. The lowest BCUT2D eigenvalue weighted by atomic mass is 10.1. The lowest BCUT2D eigenvalue weighted by Crippen LogP contribution is -2.43. The molecular formula is C21H21F3N4O5. The molecule has 3 N–H and O–H groups in total. The standard InChI is InChI=1S/C21H21F3N4O5/c22-7-17(29)18(30)10-33-13-1-2-16-15(5-13)14(3-4-26-16)20(32)27-9-19(31)28-11-21(23,24)6-12(28)8-25/h1-5,12,17-18,29-30H,6-7,9-11H2,(H,27,32)/t12-,17-,18-/m0/s1. The molecule has 1 aliphatic rings. The van der Waals surface area contributed by atoms with E-state index in [4.69, 9.17) is 10.00 Å². The maximum atomic E-state index is 13.5. The van der Waals surface area contributed by atoms with Crippen LogP contribution in [0.25, 0.3) is 10.9 Å². The predicted octanol–water partition coefficient (Wildman–Crippen LogP) is 0.794. The van der Waals surface area contributed by atoms with Crippen LogP contribution in [0, 0.1) is 11.3 Å². The third-order valence-corrected chi connectivity index (χ3v) is 5.12. The summed E-state index contributed by atoms with van der Waals surface area (Å²) < 4.78 is 44.9. The Kier molecular flexibility index (Phi) is 7.35. The van der Waals surface area contributed by atoms with Gasteiger partial charge in [0.2, 0.25) is 5.91 Å². The molecule has 1 saturated heterocycles. The molecule has 0 unspecified atom stereocenters. The number of aromatic nitrogens is 1. The third-order valence-electron chi connectivity index (χ3n) is 5.12. The van der Waals surface area contributed by atoms with Crippen molar-refractivity contribution in [3.63, 3.8) is 0 Å². The van der Waals surface area contributed by atoms with E-state index in [1.807, 2.05) is 0 Å². The van der Waals surface area contributed by atoms with E-state index in [9.17, 15) is 33.0 Å². The van der Waals surface area contributed by atoms with Crippen molar-refractivity contribution in [2.24, 2.45) is 0 Å². The van der Waals surface area contributed by atoms with Gasteiger partial charge in [-0.1, -0.05) is 0 Å². The molecule has 0 aliphatic carbocycles. The number of hydrogen-bond donors (Lipinski definition) is 3. The Morgan fingerprint density at radius 3 is 2.79 bits per heavy atom. The summed E-state index contributed by atoms with van der Waals surface area (Å²) >= 11 is 0. The zero-order chi connectivity index (χ0) is 24.2. The molecule has 0 bridgehead atoms. The van der Waals surface area contributed by atoms with Crippen LogP contribution in [0.2, 0.25) is 0 Å². The van der Waals surface area contributed by atoms with Gasteiger partial charge in [0.15, 0.2) is 0 Å². The lowest BCUT2D eigenvalue weighted by molar-refractivity contribution is -0.131. The highest BCUT2D eigenvalue weighted by molar-refractivity contribution is 6.07. The van der Waals surface area contributed by atoms with E-state index in [0.29, 0.717) is 10.9 Å². The molecule has 0 spiro atoms. The summed E-state index contributed by atoms with van der Waals surface area (Å²) in [6, 6.07) is 6.27. The van der Waals surface area contributed by atoms with E-state index >= 15 is 0 Å². The maximum Gasteiger partial charge on any atom is 0.268 e. The number of hydrogen-bond acceptors (Lipinski definition) is 7. The molecule has 1 aromatic heterocycles. The quantitative estimate of drug-likeness (QED) is 0.524. The average Bonchev–Trinajstić information content (AvgIpc) is 3.14. The van der Waals surface area contributed by atoms with E-state index in [-0.39, 0.29) is 11.3 Å². The average molecular weight is 466 g/mol. The van der Waals surface area contributed by atoms with Crippen molar-refractivity contribution < 1.29 is 37.7 Å². The largest absolute Gasteiger partial charge is 0.491 e. The van der Waals surface area contributed by atoms with Crippen LogP contribution in [-0.2, 0) is 4.79 Å². The van der Waals surface area contributed by atoms with Gasteiger partial charge >= 0.3 is 0 Å². The van der Waals surface area contributed by atoms with Crippen LogP contribution >= 0.6 is 0 Å². The topological polar surface area (TPSA) is 136 Å². The van der Waals surface area contributed by atoms with Gasteiger partial charge in [0.25, 0.3) is 11.8 Å². The molecule has 0 saturated carbocycles. The minimum absolute atomic E-state index is 0.117. The van der Waals surface area contributed by atoms with E-state index in [1.54, 1.807) is 6.07 Å². The molecule has 176 valence electrons. The number of aliphatic hydroxyl groups is 2. The summed E-state index contributed by atoms with van der Waals surface area (Å²) in [4.78, 5) is 29.9. The Morgan fingerprint density at radius 2 is 2.09 bits per heavy atom. The van der Waals surface area contributed by atoms with Crippen LogP contribution in [0.15, 0.2) is 30.5 Å². The fourth-order valence-corrected chi connectivity index (χ4v) is 3.36. The second-order valence-electron chi connectivity index (χ2n) is 7.55. The van der Waals surface area contributed by atoms with Gasteiger partial charge in [0, 0.05) is 18.0 Å². The van der Waals surface area contributed by atoms with Crippen molar-refractivity contribution in [1.82, 2.24) is 15.2 Å². The van der Waals surface area contributed by atoms with Crippen LogP contribution in [0.1, 0.15) is 16.8 Å². The number of ether oxygens (including phenoxy) is 1. The second-order valence-corrected chi connectivity index (χ2v) is 7.55. The first-order valence-corrected chi connectivity index (χ1v) is 9.94. The number of benzene rings is 1. The number of nitriles is 1. The van der Waals surface area contributed by atoms with Crippen molar-refractivity contribution in [3.05, 3.63) is 36.0 Å². The molecule has 3 rings (SSSR count). The number of nitrogens with zero attached hydrogens (tertiary/aromatic N) is 3. The van der Waals surface area contributed by atoms with Gasteiger partial charge in [0.1, 0.15) is 37.3 Å². The molecule has 1 aromatic carbocycles. The number of carbonyl (C=O) groups excluding carboxylic acids is 2. The highest BCUT2D eigenvalue weighted by Crippen LogP contribution is 2.31. The third kappa shape index (κ3) is 5.68. The number of nitrogens with one attached hydrogen (secondary N) is 1. The molecule has 1 fully saturated rings. The van der Waals surface area contributed by atoms with E-state index in [1.165, 1.54) is 30.5 Å². The first-order chi connectivity index (χ1) is 15.6. The smallest absolute Gasteiger partial charge is 0.268 e. The van der Waals surface area contributed by atoms with Gasteiger partial charge in [-0.05, 0) is 24.3 Å². The highest BCUT2D eigenvalue weighted by atomic mass is 19.3. The van der Waals surface area contributed by atoms with Gasteiger partial charge in [-0.3, -0.25) is 14.6 Å². The summed E-state index contributed by atoms with van der Waals surface area (Å²) in [7, 11) is 0. The van der Waals surface area contributed by atoms with Crippen molar-refractivity contribution in [1.29, 1.82) is 5.26 Å². The van der Waals surface area contributed by atoms with Crippen molar-refractivity contribution in [3.8, 4) is 11.8 Å². The van der Waals surface area contributed by atoms with Crippen LogP contribution in [0.3, 0.4) is 0 Å². The zero-order valence-electron chi connectivity index (χ0n) is 17.2. The number of pyridine rings is 1.